The first-order chi connectivity index (χ1) is 34.0. The number of hydrogen-bond acceptors (Lipinski definition) is 15. The minimum Gasteiger partial charge on any atom is -0.394 e. The molecule has 16 nitrogen and oxygen atoms in total. The van der Waals surface area contributed by atoms with Crippen LogP contribution in [0.2, 0.25) is 0 Å². The molecule has 17 heteroatoms. The van der Waals surface area contributed by atoms with Crippen LogP contribution in [0.15, 0.2) is 0 Å². The fourth-order valence-corrected chi connectivity index (χ4v) is 10.3. The largest absolute Gasteiger partial charge is 0.397 e. The standard InChI is InChI=1S/C55H108O16S/c1-37(2)17-11-19-39(5)21-13-23-41(7)25-15-27-43(9)29-31-65-34-45(66-32-30-44(10)28-16-26-42(8)24-14-22-40(6)20-12-18-38(3)4)35-67-54-52(61)50(59)53(46(33-56)69-54)71-55-51(60)49(58)48(57)47(70-55)36-68-72(62,63)64/h37-61H,11-36H2,1-10H3,(H,62,63,64)/t39?,40?,41?,42?,43?,44?,45?,46?,47?,48-,49-,50+,51?,52?,53+,54+,55-/m0/s1. The Morgan fingerprint density at radius 3 is 1.31 bits per heavy atom. The zero-order valence-electron chi connectivity index (χ0n) is 46.6. The minimum atomic E-state index is -4.95. The second-order valence-electron chi connectivity index (χ2n) is 23.5. The van der Waals surface area contributed by atoms with Crippen molar-refractivity contribution in [3.63, 3.8) is 0 Å². The van der Waals surface area contributed by atoms with Crippen LogP contribution in [-0.2, 0) is 43.0 Å². The van der Waals surface area contributed by atoms with E-state index in [1.54, 1.807) is 0 Å². The molecule has 2 rings (SSSR count). The van der Waals surface area contributed by atoms with E-state index in [1.807, 2.05) is 0 Å². The smallest absolute Gasteiger partial charge is 0.394 e. The van der Waals surface area contributed by atoms with Crippen LogP contribution in [-0.4, -0.2) is 151 Å². The van der Waals surface area contributed by atoms with Gasteiger partial charge in [-0.15, -0.1) is 0 Å². The zero-order valence-corrected chi connectivity index (χ0v) is 47.4. The Kier molecular flexibility index (Phi) is 34.9. The van der Waals surface area contributed by atoms with Crippen molar-refractivity contribution in [2.24, 2.45) is 47.3 Å². The lowest BCUT2D eigenvalue weighted by Crippen LogP contribution is -2.64. The van der Waals surface area contributed by atoms with Gasteiger partial charge in [0.2, 0.25) is 0 Å². The van der Waals surface area contributed by atoms with Crippen molar-refractivity contribution in [2.75, 3.05) is 39.6 Å². The molecule has 0 bridgehead atoms. The third kappa shape index (κ3) is 29.2. The average Bonchev–Trinajstić information content (AvgIpc) is 3.30. The molecule has 0 aromatic carbocycles. The molecule has 2 fully saturated rings. The Bertz CT molecular complexity index is 1440. The maximum absolute atomic E-state index is 11.2. The predicted molar refractivity (Wildman–Crippen MR) is 280 cm³/mol. The molecule has 0 spiro atoms. The monoisotopic (exact) mass is 1060 g/mol. The molecule has 7 N–H and O–H groups in total. The van der Waals surface area contributed by atoms with Crippen LogP contribution in [0.4, 0.5) is 0 Å². The van der Waals surface area contributed by atoms with Gasteiger partial charge in [-0.1, -0.05) is 185 Å². The third-order valence-electron chi connectivity index (χ3n) is 15.2. The van der Waals surface area contributed by atoms with Gasteiger partial charge in [0.25, 0.3) is 0 Å². The minimum absolute atomic E-state index is 0.0610. The number of hydrogen-bond donors (Lipinski definition) is 7. The van der Waals surface area contributed by atoms with Crippen LogP contribution in [0.1, 0.15) is 198 Å². The van der Waals surface area contributed by atoms with Gasteiger partial charge >= 0.3 is 10.4 Å². The summed E-state index contributed by atoms with van der Waals surface area (Å²) in [6, 6.07) is 0. The van der Waals surface area contributed by atoms with Gasteiger partial charge in [-0.3, -0.25) is 4.55 Å². The summed E-state index contributed by atoms with van der Waals surface area (Å²) < 4.78 is 71.1. The molecule has 0 aromatic rings. The molecule has 2 aliphatic rings. The van der Waals surface area contributed by atoms with Gasteiger partial charge in [0, 0.05) is 13.2 Å². The predicted octanol–water partition coefficient (Wildman–Crippen LogP) is 8.79. The SMILES string of the molecule is CC(C)CCCC(C)CCCC(C)CCCC(C)CCOCC(CO[C@@H]1OC(CO)[C@@H](O[C@@H]2OC(COS(=O)(=O)O)[C@H](O)[C@H](O)C2O)[C@H](O)C1O)OCCC(C)CCCC(C)CCCC(C)CCCC(C)C. The fraction of sp³-hybridized carbons (Fsp3) is 1.00. The molecule has 0 saturated carbocycles. The Hall–Kier alpha value is -0.610. The van der Waals surface area contributed by atoms with E-state index in [-0.39, 0.29) is 13.2 Å². The Morgan fingerprint density at radius 2 is 0.875 bits per heavy atom. The zero-order chi connectivity index (χ0) is 53.8. The normalized spacial score (nSPS) is 28.3. The molecule has 11 unspecified atom stereocenters. The lowest BCUT2D eigenvalue weighted by Gasteiger charge is -2.46. The molecule has 0 radical (unpaired) electrons. The van der Waals surface area contributed by atoms with Crippen LogP contribution in [0, 0.1) is 47.3 Å². The first kappa shape index (κ1) is 67.5. The van der Waals surface area contributed by atoms with E-state index in [2.05, 4.69) is 73.4 Å². The van der Waals surface area contributed by atoms with E-state index in [9.17, 15) is 39.1 Å². The fourth-order valence-electron chi connectivity index (χ4n) is 9.99. The van der Waals surface area contributed by atoms with Crippen molar-refractivity contribution < 1.29 is 76.2 Å². The molecule has 72 heavy (non-hydrogen) atoms. The molecule has 0 amide bonds. The van der Waals surface area contributed by atoms with Crippen molar-refractivity contribution in [1.29, 1.82) is 0 Å². The quantitative estimate of drug-likeness (QED) is 0.0223. The lowest BCUT2D eigenvalue weighted by atomic mass is 9.91. The van der Waals surface area contributed by atoms with Gasteiger partial charge in [0.05, 0.1) is 26.4 Å². The van der Waals surface area contributed by atoms with Crippen molar-refractivity contribution >= 4 is 10.4 Å². The van der Waals surface area contributed by atoms with Gasteiger partial charge in [-0.25, -0.2) is 4.18 Å². The number of aliphatic hydroxyl groups excluding tert-OH is 6. The molecule has 0 aromatic heterocycles. The van der Waals surface area contributed by atoms with Crippen molar-refractivity contribution in [3.05, 3.63) is 0 Å². The van der Waals surface area contributed by atoms with E-state index >= 15 is 0 Å². The molecule has 2 saturated heterocycles. The summed E-state index contributed by atoms with van der Waals surface area (Å²) in [6.45, 7) is 22.8. The summed E-state index contributed by atoms with van der Waals surface area (Å²) in [5.74, 6) is 5.57. The highest BCUT2D eigenvalue weighted by Crippen LogP contribution is 2.31. The number of aliphatic hydroxyl groups is 6. The molecule has 17 atom stereocenters. The number of ether oxygens (including phenoxy) is 6. The summed E-state index contributed by atoms with van der Waals surface area (Å²) in [7, 11) is -4.95. The summed E-state index contributed by atoms with van der Waals surface area (Å²) in [5.41, 5.74) is 0. The molecule has 430 valence electrons. The second kappa shape index (κ2) is 37.2. The highest BCUT2D eigenvalue weighted by molar-refractivity contribution is 7.80. The lowest BCUT2D eigenvalue weighted by molar-refractivity contribution is -0.360. The van der Waals surface area contributed by atoms with Crippen molar-refractivity contribution in [2.45, 2.75) is 265 Å². The molecule has 2 heterocycles. The summed E-state index contributed by atoms with van der Waals surface area (Å²) in [4.78, 5) is 0. The maximum atomic E-state index is 11.2. The first-order valence-electron chi connectivity index (χ1n) is 28.4. The van der Waals surface area contributed by atoms with Gasteiger partial charge in [0.1, 0.15) is 54.9 Å². The van der Waals surface area contributed by atoms with Gasteiger partial charge in [-0.05, 0) is 60.2 Å². The Labute approximate surface area is 437 Å². The molecular formula is C55H108O16S. The Morgan fingerprint density at radius 1 is 0.472 bits per heavy atom. The molecular weight excluding hydrogens is 949 g/mol. The van der Waals surface area contributed by atoms with Crippen molar-refractivity contribution in [3.8, 4) is 0 Å². The van der Waals surface area contributed by atoms with Crippen LogP contribution in [0.25, 0.3) is 0 Å². The summed E-state index contributed by atoms with van der Waals surface area (Å²) in [6.07, 6.45) is 7.17. The highest BCUT2D eigenvalue weighted by Gasteiger charge is 2.51. The van der Waals surface area contributed by atoms with E-state index < -0.39 is 91.1 Å². The van der Waals surface area contributed by atoms with E-state index in [4.69, 9.17) is 33.0 Å². The second-order valence-corrected chi connectivity index (χ2v) is 24.6. The van der Waals surface area contributed by atoms with E-state index in [0.717, 1.165) is 55.3 Å². The van der Waals surface area contributed by atoms with Gasteiger partial charge in [0.15, 0.2) is 12.6 Å². The first-order valence-corrected chi connectivity index (χ1v) is 29.8. The maximum Gasteiger partial charge on any atom is 0.397 e. The molecule has 0 aliphatic carbocycles. The number of rotatable bonds is 42. The summed E-state index contributed by atoms with van der Waals surface area (Å²) >= 11 is 0. The van der Waals surface area contributed by atoms with Crippen LogP contribution in [0.3, 0.4) is 0 Å². The van der Waals surface area contributed by atoms with E-state index in [1.165, 1.54) is 103 Å². The summed E-state index contributed by atoms with van der Waals surface area (Å²) in [5, 5.41) is 64.1. The molecule has 2 aliphatic heterocycles. The third-order valence-corrected chi connectivity index (χ3v) is 15.6. The Balaban J connectivity index is 1.92. The van der Waals surface area contributed by atoms with E-state index in [0.29, 0.717) is 31.0 Å². The van der Waals surface area contributed by atoms with Gasteiger partial charge in [-0.2, -0.15) is 8.42 Å². The average molecular weight is 1060 g/mol. The van der Waals surface area contributed by atoms with Crippen LogP contribution in [0.5, 0.6) is 0 Å². The van der Waals surface area contributed by atoms with Crippen LogP contribution < -0.4 is 0 Å². The van der Waals surface area contributed by atoms with Crippen molar-refractivity contribution in [1.82, 2.24) is 0 Å². The van der Waals surface area contributed by atoms with Crippen LogP contribution >= 0.6 is 0 Å². The van der Waals surface area contributed by atoms with Gasteiger partial charge < -0.3 is 59.1 Å². The highest BCUT2D eigenvalue weighted by atomic mass is 32.3. The topological polar surface area (TPSA) is 240 Å².